The maximum atomic E-state index is 13.0. The van der Waals surface area contributed by atoms with Gasteiger partial charge in [-0.05, 0) is 60.8 Å². The van der Waals surface area contributed by atoms with Crippen molar-refractivity contribution in [2.75, 3.05) is 6.54 Å². The summed E-state index contributed by atoms with van der Waals surface area (Å²) in [6, 6.07) is 11.6. The molecule has 3 nitrogen and oxygen atoms in total. The lowest BCUT2D eigenvalue weighted by Crippen LogP contribution is -2.17. The van der Waals surface area contributed by atoms with Gasteiger partial charge in [0.1, 0.15) is 5.82 Å². The summed E-state index contributed by atoms with van der Waals surface area (Å²) in [5.74, 6) is -1.12. The number of carboxylic acid groups (broad SMARTS) is 1. The van der Waals surface area contributed by atoms with E-state index in [-0.39, 0.29) is 5.82 Å². The van der Waals surface area contributed by atoms with Crippen LogP contribution in [-0.2, 0) is 13.0 Å². The van der Waals surface area contributed by atoms with Gasteiger partial charge in [-0.25, -0.2) is 9.18 Å². The molecule has 0 fully saturated rings. The average Bonchev–Trinajstić information content (AvgIpc) is 2.46. The second kappa shape index (κ2) is 6.99. The van der Waals surface area contributed by atoms with Crippen molar-refractivity contribution in [3.63, 3.8) is 0 Å². The lowest BCUT2D eigenvalue weighted by Gasteiger charge is -2.08. The van der Waals surface area contributed by atoms with Gasteiger partial charge in [-0.2, -0.15) is 0 Å². The fourth-order valence-corrected chi connectivity index (χ4v) is 2.16. The number of aromatic carboxylic acids is 1. The van der Waals surface area contributed by atoms with Crippen LogP contribution in [0.3, 0.4) is 0 Å². The Morgan fingerprint density at radius 2 is 1.90 bits per heavy atom. The zero-order chi connectivity index (χ0) is 15.2. The Morgan fingerprint density at radius 3 is 2.52 bits per heavy atom. The van der Waals surface area contributed by atoms with Crippen LogP contribution in [0.5, 0.6) is 0 Å². The number of rotatable bonds is 6. The number of halogens is 1. The summed E-state index contributed by atoms with van der Waals surface area (Å²) in [6.45, 7) is 3.37. The molecule has 0 radical (unpaired) electrons. The van der Waals surface area contributed by atoms with Gasteiger partial charge in [0.25, 0.3) is 0 Å². The molecule has 2 aromatic carbocycles. The number of carboxylic acids is 1. The van der Waals surface area contributed by atoms with E-state index >= 15 is 0 Å². The van der Waals surface area contributed by atoms with Crippen LogP contribution in [0.4, 0.5) is 4.39 Å². The Morgan fingerprint density at radius 1 is 1.19 bits per heavy atom. The van der Waals surface area contributed by atoms with Crippen LogP contribution in [0.25, 0.3) is 0 Å². The number of benzene rings is 2. The number of hydrogen-bond donors (Lipinski definition) is 2. The smallest absolute Gasteiger partial charge is 0.335 e. The zero-order valence-electron chi connectivity index (χ0n) is 11.9. The Balaban J connectivity index is 1.80. The van der Waals surface area contributed by atoms with Crippen LogP contribution in [0.1, 0.15) is 27.0 Å². The first-order valence-electron chi connectivity index (χ1n) is 6.84. The number of hydrogen-bond acceptors (Lipinski definition) is 2. The van der Waals surface area contributed by atoms with Crippen molar-refractivity contribution in [1.29, 1.82) is 0 Å². The minimum absolute atomic E-state index is 0.206. The van der Waals surface area contributed by atoms with Crippen molar-refractivity contribution in [1.82, 2.24) is 5.32 Å². The minimum Gasteiger partial charge on any atom is -0.478 e. The van der Waals surface area contributed by atoms with E-state index in [1.54, 1.807) is 30.3 Å². The van der Waals surface area contributed by atoms with E-state index in [1.165, 1.54) is 6.07 Å². The molecule has 0 spiro atoms. The van der Waals surface area contributed by atoms with Crippen molar-refractivity contribution in [2.24, 2.45) is 0 Å². The summed E-state index contributed by atoms with van der Waals surface area (Å²) >= 11 is 0. The van der Waals surface area contributed by atoms with E-state index in [0.29, 0.717) is 12.1 Å². The fourth-order valence-electron chi connectivity index (χ4n) is 2.16. The molecule has 2 N–H and O–H groups in total. The Kier molecular flexibility index (Phi) is 5.06. The first-order chi connectivity index (χ1) is 10.1. The number of carbonyl (C=O) groups is 1. The van der Waals surface area contributed by atoms with Crippen molar-refractivity contribution in [3.05, 3.63) is 70.5 Å². The predicted molar refractivity (Wildman–Crippen MR) is 79.9 cm³/mol. The molecule has 0 saturated heterocycles. The number of nitrogens with one attached hydrogen (secondary N) is 1. The fraction of sp³-hybridized carbons (Fsp3) is 0.235. The van der Waals surface area contributed by atoms with Crippen LogP contribution in [0.15, 0.2) is 42.5 Å². The lowest BCUT2D eigenvalue weighted by atomic mass is 10.1. The van der Waals surface area contributed by atoms with E-state index in [9.17, 15) is 9.18 Å². The Labute approximate surface area is 123 Å². The standard InChI is InChI=1S/C17H18FNO2/c1-12-10-16(18)7-6-14(12)8-9-19-11-13-2-4-15(5-3-13)17(20)21/h2-7,10,19H,8-9,11H2,1H3,(H,20,21). The van der Waals surface area contributed by atoms with E-state index in [4.69, 9.17) is 5.11 Å². The van der Waals surface area contributed by atoms with Crippen LogP contribution in [0.2, 0.25) is 0 Å². The highest BCUT2D eigenvalue weighted by molar-refractivity contribution is 5.87. The molecule has 0 aliphatic heterocycles. The third-order valence-corrected chi connectivity index (χ3v) is 3.41. The highest BCUT2D eigenvalue weighted by Gasteiger charge is 2.02. The van der Waals surface area contributed by atoms with Gasteiger partial charge in [0, 0.05) is 6.54 Å². The van der Waals surface area contributed by atoms with E-state index in [1.807, 2.05) is 13.0 Å². The normalized spacial score (nSPS) is 10.6. The monoisotopic (exact) mass is 287 g/mol. The summed E-state index contributed by atoms with van der Waals surface area (Å²) in [5, 5.41) is 12.1. The van der Waals surface area contributed by atoms with Crippen molar-refractivity contribution < 1.29 is 14.3 Å². The molecule has 21 heavy (non-hydrogen) atoms. The number of aryl methyl sites for hydroxylation is 1. The maximum absolute atomic E-state index is 13.0. The molecular formula is C17H18FNO2. The maximum Gasteiger partial charge on any atom is 0.335 e. The van der Waals surface area contributed by atoms with Gasteiger partial charge in [0.05, 0.1) is 5.56 Å². The van der Waals surface area contributed by atoms with Gasteiger partial charge in [0.2, 0.25) is 0 Å². The molecule has 2 rings (SSSR count). The van der Waals surface area contributed by atoms with Gasteiger partial charge in [-0.15, -0.1) is 0 Å². The molecule has 4 heteroatoms. The first kappa shape index (κ1) is 15.2. The molecular weight excluding hydrogens is 269 g/mol. The molecule has 0 heterocycles. The van der Waals surface area contributed by atoms with Crippen molar-refractivity contribution >= 4 is 5.97 Å². The quantitative estimate of drug-likeness (QED) is 0.802. The summed E-state index contributed by atoms with van der Waals surface area (Å²) < 4.78 is 13.0. The van der Waals surface area contributed by atoms with Crippen molar-refractivity contribution in [2.45, 2.75) is 19.9 Å². The van der Waals surface area contributed by atoms with Crippen LogP contribution in [-0.4, -0.2) is 17.6 Å². The van der Waals surface area contributed by atoms with Gasteiger partial charge in [0.15, 0.2) is 0 Å². The summed E-state index contributed by atoms with van der Waals surface area (Å²) in [4.78, 5) is 10.7. The molecule has 0 aromatic heterocycles. The Hall–Kier alpha value is -2.20. The third-order valence-electron chi connectivity index (χ3n) is 3.41. The third kappa shape index (κ3) is 4.39. The molecule has 0 bridgehead atoms. The second-order valence-electron chi connectivity index (χ2n) is 5.00. The summed E-state index contributed by atoms with van der Waals surface area (Å²) in [7, 11) is 0. The topological polar surface area (TPSA) is 49.3 Å². The molecule has 0 aliphatic carbocycles. The Bertz CT molecular complexity index is 623. The average molecular weight is 287 g/mol. The molecule has 110 valence electrons. The molecule has 0 atom stereocenters. The van der Waals surface area contributed by atoms with Gasteiger partial charge in [-0.3, -0.25) is 0 Å². The van der Waals surface area contributed by atoms with E-state index in [2.05, 4.69) is 5.32 Å². The first-order valence-corrected chi connectivity index (χ1v) is 6.84. The SMILES string of the molecule is Cc1cc(F)ccc1CCNCc1ccc(C(=O)O)cc1. The lowest BCUT2D eigenvalue weighted by molar-refractivity contribution is 0.0697. The van der Waals surface area contributed by atoms with Crippen molar-refractivity contribution in [3.8, 4) is 0 Å². The van der Waals surface area contributed by atoms with Crippen LogP contribution in [0, 0.1) is 12.7 Å². The molecule has 0 aliphatic rings. The molecule has 0 unspecified atom stereocenters. The molecule has 0 saturated carbocycles. The van der Waals surface area contributed by atoms with Crippen LogP contribution < -0.4 is 5.32 Å². The minimum atomic E-state index is -0.915. The van der Waals surface area contributed by atoms with Crippen LogP contribution >= 0.6 is 0 Å². The van der Waals surface area contributed by atoms with Gasteiger partial charge in [-0.1, -0.05) is 18.2 Å². The summed E-state index contributed by atoms with van der Waals surface area (Å²) in [5.41, 5.74) is 3.42. The predicted octanol–water partition coefficient (Wildman–Crippen LogP) is 3.16. The largest absolute Gasteiger partial charge is 0.478 e. The highest BCUT2D eigenvalue weighted by Crippen LogP contribution is 2.10. The molecule has 2 aromatic rings. The van der Waals surface area contributed by atoms with E-state index < -0.39 is 5.97 Å². The van der Waals surface area contributed by atoms with Gasteiger partial charge >= 0.3 is 5.97 Å². The van der Waals surface area contributed by atoms with E-state index in [0.717, 1.165) is 29.7 Å². The zero-order valence-corrected chi connectivity index (χ0v) is 11.9. The highest BCUT2D eigenvalue weighted by atomic mass is 19.1. The van der Waals surface area contributed by atoms with Gasteiger partial charge < -0.3 is 10.4 Å². The second-order valence-corrected chi connectivity index (χ2v) is 5.00. The summed E-state index contributed by atoms with van der Waals surface area (Å²) in [6.07, 6.45) is 0.833. The molecule has 0 amide bonds.